The number of para-hydroxylation sites is 1. The predicted octanol–water partition coefficient (Wildman–Crippen LogP) is 4.05. The van der Waals surface area contributed by atoms with Gasteiger partial charge in [0.1, 0.15) is 5.75 Å². The summed E-state index contributed by atoms with van der Waals surface area (Å²) in [6.07, 6.45) is 0. The van der Waals surface area contributed by atoms with E-state index in [-0.39, 0.29) is 18.6 Å². The summed E-state index contributed by atoms with van der Waals surface area (Å²) in [6, 6.07) is 13.2. The molecule has 1 amide bonds. The van der Waals surface area contributed by atoms with Gasteiger partial charge in [-0.25, -0.2) is 0 Å². The van der Waals surface area contributed by atoms with Gasteiger partial charge in [-0.05, 0) is 57.0 Å². The molecule has 2 rings (SSSR count). The minimum Gasteiger partial charge on any atom is -0.490 e. The minimum absolute atomic E-state index is 0.0233. The van der Waals surface area contributed by atoms with Crippen LogP contribution in [0.25, 0.3) is 0 Å². The van der Waals surface area contributed by atoms with Crippen LogP contribution in [0.3, 0.4) is 0 Å². The zero-order valence-corrected chi connectivity index (χ0v) is 15.9. The molecule has 5 heteroatoms. The molecule has 2 aromatic rings. The van der Waals surface area contributed by atoms with Crippen molar-refractivity contribution in [1.82, 2.24) is 5.32 Å². The van der Waals surface area contributed by atoms with E-state index in [1.807, 2.05) is 70.2 Å². The standard InChI is InChI=1S/C21H27NO4/c1-5-24-19-12-11-17(13-20(19)25-6-2)16(4)22-21(23)14-26-18-10-8-7-9-15(18)3/h7-13,16H,5-6,14H2,1-4H3,(H,22,23). The monoisotopic (exact) mass is 357 g/mol. The predicted molar refractivity (Wildman–Crippen MR) is 102 cm³/mol. The fourth-order valence-electron chi connectivity index (χ4n) is 2.57. The van der Waals surface area contributed by atoms with E-state index >= 15 is 0 Å². The molecule has 0 radical (unpaired) electrons. The van der Waals surface area contributed by atoms with Crippen LogP contribution in [0.1, 0.15) is 37.9 Å². The Hall–Kier alpha value is -2.69. The Kier molecular flexibility index (Phi) is 7.33. The number of amides is 1. The second-order valence-corrected chi connectivity index (χ2v) is 5.92. The molecule has 1 N–H and O–H groups in total. The summed E-state index contributed by atoms with van der Waals surface area (Å²) in [5, 5.41) is 2.95. The van der Waals surface area contributed by atoms with Gasteiger partial charge in [-0.2, -0.15) is 0 Å². The van der Waals surface area contributed by atoms with Crippen molar-refractivity contribution in [2.45, 2.75) is 33.7 Å². The molecule has 1 atom stereocenters. The Balaban J connectivity index is 1.97. The normalized spacial score (nSPS) is 11.5. The topological polar surface area (TPSA) is 56.8 Å². The summed E-state index contributed by atoms with van der Waals surface area (Å²) in [5.74, 6) is 1.94. The van der Waals surface area contributed by atoms with Gasteiger partial charge >= 0.3 is 0 Å². The van der Waals surface area contributed by atoms with Gasteiger partial charge in [0.15, 0.2) is 18.1 Å². The number of rotatable bonds is 9. The van der Waals surface area contributed by atoms with Crippen LogP contribution < -0.4 is 19.5 Å². The summed E-state index contributed by atoms with van der Waals surface area (Å²) in [6.45, 7) is 8.83. The van der Waals surface area contributed by atoms with Crippen LogP contribution >= 0.6 is 0 Å². The minimum atomic E-state index is -0.174. The first-order valence-corrected chi connectivity index (χ1v) is 8.92. The maximum absolute atomic E-state index is 12.2. The molecule has 0 fully saturated rings. The molecular formula is C21H27NO4. The molecule has 5 nitrogen and oxygen atoms in total. The summed E-state index contributed by atoms with van der Waals surface area (Å²) < 4.78 is 16.8. The number of carbonyl (C=O) groups excluding carboxylic acids is 1. The van der Waals surface area contributed by atoms with Crippen LogP contribution in [0.4, 0.5) is 0 Å². The number of carbonyl (C=O) groups is 1. The number of hydrogen-bond donors (Lipinski definition) is 1. The van der Waals surface area contributed by atoms with Gasteiger partial charge < -0.3 is 19.5 Å². The van der Waals surface area contributed by atoms with E-state index in [1.165, 1.54) is 0 Å². The zero-order chi connectivity index (χ0) is 18.9. The molecule has 140 valence electrons. The SMILES string of the molecule is CCOc1ccc(C(C)NC(=O)COc2ccccc2C)cc1OCC. The van der Waals surface area contributed by atoms with Crippen molar-refractivity contribution in [2.24, 2.45) is 0 Å². The van der Waals surface area contributed by atoms with Crippen LogP contribution in [0.15, 0.2) is 42.5 Å². The van der Waals surface area contributed by atoms with Gasteiger partial charge in [0, 0.05) is 0 Å². The van der Waals surface area contributed by atoms with Crippen molar-refractivity contribution in [3.05, 3.63) is 53.6 Å². The molecular weight excluding hydrogens is 330 g/mol. The van der Waals surface area contributed by atoms with E-state index in [2.05, 4.69) is 5.32 Å². The average molecular weight is 357 g/mol. The summed E-state index contributed by atoms with van der Waals surface area (Å²) in [7, 11) is 0. The number of hydrogen-bond acceptors (Lipinski definition) is 4. The van der Waals surface area contributed by atoms with Gasteiger partial charge in [-0.15, -0.1) is 0 Å². The van der Waals surface area contributed by atoms with Crippen LogP contribution in [-0.4, -0.2) is 25.7 Å². The van der Waals surface area contributed by atoms with Gasteiger partial charge in [-0.1, -0.05) is 24.3 Å². The van der Waals surface area contributed by atoms with E-state index in [0.29, 0.717) is 24.7 Å². The molecule has 1 unspecified atom stereocenters. The first-order valence-electron chi connectivity index (χ1n) is 8.92. The van der Waals surface area contributed by atoms with Crippen molar-refractivity contribution >= 4 is 5.91 Å². The third kappa shape index (κ3) is 5.41. The fourth-order valence-corrected chi connectivity index (χ4v) is 2.57. The van der Waals surface area contributed by atoms with Crippen molar-refractivity contribution in [3.63, 3.8) is 0 Å². The number of nitrogens with one attached hydrogen (secondary N) is 1. The van der Waals surface area contributed by atoms with Crippen molar-refractivity contribution in [2.75, 3.05) is 19.8 Å². The highest BCUT2D eigenvalue weighted by atomic mass is 16.5. The fraction of sp³-hybridized carbons (Fsp3) is 0.381. The Morgan fingerprint density at radius 2 is 1.65 bits per heavy atom. The van der Waals surface area contributed by atoms with Crippen molar-refractivity contribution in [3.8, 4) is 17.2 Å². The highest BCUT2D eigenvalue weighted by molar-refractivity contribution is 5.78. The van der Waals surface area contributed by atoms with Gasteiger partial charge in [0.25, 0.3) is 5.91 Å². The average Bonchev–Trinajstić information content (AvgIpc) is 2.63. The highest BCUT2D eigenvalue weighted by Crippen LogP contribution is 2.30. The smallest absolute Gasteiger partial charge is 0.258 e. The number of benzene rings is 2. The Morgan fingerprint density at radius 3 is 2.35 bits per heavy atom. The van der Waals surface area contributed by atoms with Gasteiger partial charge in [0.05, 0.1) is 19.3 Å². The first-order chi connectivity index (χ1) is 12.5. The molecule has 0 spiro atoms. The van der Waals surface area contributed by atoms with Gasteiger partial charge in [-0.3, -0.25) is 4.79 Å². The molecule has 0 aliphatic rings. The van der Waals surface area contributed by atoms with Crippen LogP contribution in [-0.2, 0) is 4.79 Å². The van der Waals surface area contributed by atoms with Crippen LogP contribution in [0.2, 0.25) is 0 Å². The van der Waals surface area contributed by atoms with Crippen LogP contribution in [0.5, 0.6) is 17.2 Å². The second kappa shape index (κ2) is 9.70. The van der Waals surface area contributed by atoms with E-state index in [1.54, 1.807) is 0 Å². The number of ether oxygens (including phenoxy) is 3. The molecule has 0 aromatic heterocycles. The molecule has 26 heavy (non-hydrogen) atoms. The molecule has 2 aromatic carbocycles. The third-order valence-corrected chi connectivity index (χ3v) is 3.90. The maximum Gasteiger partial charge on any atom is 0.258 e. The molecule has 0 aliphatic heterocycles. The van der Waals surface area contributed by atoms with Crippen LogP contribution in [0, 0.1) is 6.92 Å². The molecule has 0 aliphatic carbocycles. The van der Waals surface area contributed by atoms with Gasteiger partial charge in [0.2, 0.25) is 0 Å². The van der Waals surface area contributed by atoms with Crippen molar-refractivity contribution < 1.29 is 19.0 Å². The molecule has 0 saturated carbocycles. The lowest BCUT2D eigenvalue weighted by atomic mass is 10.1. The maximum atomic E-state index is 12.2. The molecule has 0 bridgehead atoms. The third-order valence-electron chi connectivity index (χ3n) is 3.90. The molecule has 0 heterocycles. The quantitative estimate of drug-likeness (QED) is 0.736. The van der Waals surface area contributed by atoms with E-state index in [4.69, 9.17) is 14.2 Å². The van der Waals surface area contributed by atoms with Crippen molar-refractivity contribution in [1.29, 1.82) is 0 Å². The summed E-state index contributed by atoms with van der Waals surface area (Å²) in [5.41, 5.74) is 1.95. The Labute approximate surface area is 155 Å². The summed E-state index contributed by atoms with van der Waals surface area (Å²) in [4.78, 5) is 12.2. The number of aryl methyl sites for hydroxylation is 1. The Morgan fingerprint density at radius 1 is 0.962 bits per heavy atom. The molecule has 0 saturated heterocycles. The Bertz CT molecular complexity index is 730. The second-order valence-electron chi connectivity index (χ2n) is 5.92. The highest BCUT2D eigenvalue weighted by Gasteiger charge is 2.14. The first kappa shape index (κ1) is 19.6. The lowest BCUT2D eigenvalue weighted by Crippen LogP contribution is -2.31. The van der Waals surface area contributed by atoms with E-state index < -0.39 is 0 Å². The summed E-state index contributed by atoms with van der Waals surface area (Å²) >= 11 is 0. The van der Waals surface area contributed by atoms with E-state index in [9.17, 15) is 4.79 Å². The van der Waals surface area contributed by atoms with E-state index in [0.717, 1.165) is 16.9 Å². The lowest BCUT2D eigenvalue weighted by Gasteiger charge is -2.18. The largest absolute Gasteiger partial charge is 0.490 e. The lowest BCUT2D eigenvalue weighted by molar-refractivity contribution is -0.123. The zero-order valence-electron chi connectivity index (χ0n) is 15.9.